The summed E-state index contributed by atoms with van der Waals surface area (Å²) in [5.74, 6) is 0.235. The number of amides is 2. The Hall–Kier alpha value is -2.08. The third-order valence-electron chi connectivity index (χ3n) is 6.00. The summed E-state index contributed by atoms with van der Waals surface area (Å²) >= 11 is 12.4. The molecule has 2 aromatic rings. The second-order valence-electron chi connectivity index (χ2n) is 7.85. The van der Waals surface area contributed by atoms with Crippen LogP contribution in [0.1, 0.15) is 22.3 Å². The van der Waals surface area contributed by atoms with Crippen LogP contribution in [0.2, 0.25) is 10.0 Å². The number of halogens is 2. The lowest BCUT2D eigenvalue weighted by atomic mass is 10.0. The smallest absolute Gasteiger partial charge is 0.253 e. The summed E-state index contributed by atoms with van der Waals surface area (Å²) in [5.41, 5.74) is 1.58. The van der Waals surface area contributed by atoms with Crippen LogP contribution in [-0.4, -0.2) is 71.8 Å². The standard InChI is InChI=1S/C23H25Cl2N3O2/c24-20-7-4-8-21(25)19(20)9-10-22(29)28-15-18(16-28)26-11-13-27(14-12-26)23(30)17-5-2-1-3-6-17/h1-8,18H,9-16H2. The fraction of sp³-hybridized carbons (Fsp3) is 0.391. The summed E-state index contributed by atoms with van der Waals surface area (Å²) in [6.07, 6.45) is 0.967. The van der Waals surface area contributed by atoms with Crippen molar-refractivity contribution in [2.75, 3.05) is 39.3 Å². The normalized spacial score (nSPS) is 17.7. The van der Waals surface area contributed by atoms with Crippen LogP contribution in [0.15, 0.2) is 48.5 Å². The Bertz CT molecular complexity index is 888. The first-order chi connectivity index (χ1) is 14.5. The van der Waals surface area contributed by atoms with Gasteiger partial charge in [0.05, 0.1) is 0 Å². The fourth-order valence-electron chi connectivity index (χ4n) is 4.10. The van der Waals surface area contributed by atoms with E-state index in [-0.39, 0.29) is 11.8 Å². The second kappa shape index (κ2) is 9.38. The molecular formula is C23H25Cl2N3O2. The largest absolute Gasteiger partial charge is 0.339 e. The number of piperazine rings is 1. The minimum Gasteiger partial charge on any atom is -0.339 e. The van der Waals surface area contributed by atoms with E-state index in [1.165, 1.54) is 0 Å². The van der Waals surface area contributed by atoms with Crippen molar-refractivity contribution in [2.24, 2.45) is 0 Å². The van der Waals surface area contributed by atoms with Gasteiger partial charge in [-0.15, -0.1) is 0 Å². The van der Waals surface area contributed by atoms with Crippen molar-refractivity contribution in [3.63, 3.8) is 0 Å². The molecule has 30 heavy (non-hydrogen) atoms. The van der Waals surface area contributed by atoms with Crippen molar-refractivity contribution < 1.29 is 9.59 Å². The molecule has 0 bridgehead atoms. The van der Waals surface area contributed by atoms with Gasteiger partial charge >= 0.3 is 0 Å². The molecule has 0 atom stereocenters. The summed E-state index contributed by atoms with van der Waals surface area (Å²) in [4.78, 5) is 31.3. The fourth-order valence-corrected chi connectivity index (χ4v) is 4.69. The number of hydrogen-bond acceptors (Lipinski definition) is 3. The topological polar surface area (TPSA) is 43.9 Å². The first-order valence-electron chi connectivity index (χ1n) is 10.3. The summed E-state index contributed by atoms with van der Waals surface area (Å²) in [6.45, 7) is 4.65. The van der Waals surface area contributed by atoms with E-state index in [1.807, 2.05) is 46.2 Å². The molecule has 5 nitrogen and oxygen atoms in total. The minimum atomic E-state index is 0.0962. The number of benzene rings is 2. The number of carbonyl (C=O) groups is 2. The van der Waals surface area contributed by atoms with Crippen LogP contribution >= 0.6 is 23.2 Å². The van der Waals surface area contributed by atoms with Crippen LogP contribution in [0.5, 0.6) is 0 Å². The maximum atomic E-state index is 12.6. The predicted molar refractivity (Wildman–Crippen MR) is 119 cm³/mol. The monoisotopic (exact) mass is 445 g/mol. The van der Waals surface area contributed by atoms with E-state index in [9.17, 15) is 9.59 Å². The average Bonchev–Trinajstić information content (AvgIpc) is 2.73. The van der Waals surface area contributed by atoms with Gasteiger partial charge in [0.15, 0.2) is 0 Å². The molecule has 158 valence electrons. The van der Waals surface area contributed by atoms with Gasteiger partial charge in [-0.05, 0) is 36.2 Å². The summed E-state index contributed by atoms with van der Waals surface area (Å²) in [5, 5.41) is 1.22. The molecule has 2 aliphatic heterocycles. The van der Waals surface area contributed by atoms with Gasteiger partial charge in [-0.3, -0.25) is 14.5 Å². The Morgan fingerprint density at radius 1 is 0.833 bits per heavy atom. The number of nitrogens with zero attached hydrogens (tertiary/aromatic N) is 3. The number of carbonyl (C=O) groups excluding carboxylic acids is 2. The zero-order valence-electron chi connectivity index (χ0n) is 16.8. The van der Waals surface area contributed by atoms with Gasteiger partial charge in [-0.1, -0.05) is 47.5 Å². The molecule has 2 aromatic carbocycles. The first-order valence-corrected chi connectivity index (χ1v) is 11.1. The second-order valence-corrected chi connectivity index (χ2v) is 8.66. The molecule has 0 unspecified atom stereocenters. The molecule has 2 fully saturated rings. The molecule has 2 amide bonds. The third-order valence-corrected chi connectivity index (χ3v) is 6.71. The maximum absolute atomic E-state index is 12.6. The van der Waals surface area contributed by atoms with Crippen LogP contribution in [0.25, 0.3) is 0 Å². The lowest BCUT2D eigenvalue weighted by Crippen LogP contribution is -2.64. The van der Waals surface area contributed by atoms with Crippen molar-refractivity contribution in [1.82, 2.24) is 14.7 Å². The molecule has 4 rings (SSSR count). The van der Waals surface area contributed by atoms with Crippen LogP contribution in [0.4, 0.5) is 0 Å². The molecule has 0 N–H and O–H groups in total. The molecule has 7 heteroatoms. The molecular weight excluding hydrogens is 421 g/mol. The number of rotatable bonds is 5. The zero-order chi connectivity index (χ0) is 21.1. The van der Waals surface area contributed by atoms with Gasteiger partial charge < -0.3 is 9.80 Å². The Labute approximate surface area is 187 Å². The highest BCUT2D eigenvalue weighted by atomic mass is 35.5. The maximum Gasteiger partial charge on any atom is 0.253 e. The molecule has 0 radical (unpaired) electrons. The van der Waals surface area contributed by atoms with Gasteiger partial charge in [0.1, 0.15) is 0 Å². The van der Waals surface area contributed by atoms with Gasteiger partial charge in [-0.25, -0.2) is 0 Å². The van der Waals surface area contributed by atoms with Crippen LogP contribution in [-0.2, 0) is 11.2 Å². The Morgan fingerprint density at radius 2 is 1.47 bits per heavy atom. The molecule has 2 heterocycles. The SMILES string of the molecule is O=C(CCc1c(Cl)cccc1Cl)N1CC(N2CCN(C(=O)c3ccccc3)CC2)C1. The van der Waals surface area contributed by atoms with Crippen molar-refractivity contribution in [3.8, 4) is 0 Å². The van der Waals surface area contributed by atoms with Gasteiger partial charge in [-0.2, -0.15) is 0 Å². The van der Waals surface area contributed by atoms with Gasteiger partial charge in [0.2, 0.25) is 5.91 Å². The lowest BCUT2D eigenvalue weighted by Gasteiger charge is -2.48. The quantitative estimate of drug-likeness (QED) is 0.705. The molecule has 2 saturated heterocycles. The van der Waals surface area contributed by atoms with E-state index in [0.717, 1.165) is 50.4 Å². The first kappa shape index (κ1) is 21.2. The molecule has 2 aliphatic rings. The highest BCUT2D eigenvalue weighted by molar-refractivity contribution is 6.36. The van der Waals surface area contributed by atoms with E-state index in [1.54, 1.807) is 12.1 Å². The summed E-state index contributed by atoms with van der Waals surface area (Å²) in [7, 11) is 0. The van der Waals surface area contributed by atoms with Crippen molar-refractivity contribution in [2.45, 2.75) is 18.9 Å². The minimum absolute atomic E-state index is 0.0962. The van der Waals surface area contributed by atoms with Gasteiger partial charge in [0.25, 0.3) is 5.91 Å². The highest BCUT2D eigenvalue weighted by Crippen LogP contribution is 2.26. The van der Waals surface area contributed by atoms with Crippen molar-refractivity contribution in [3.05, 3.63) is 69.7 Å². The van der Waals surface area contributed by atoms with Crippen molar-refractivity contribution in [1.29, 1.82) is 0 Å². The Morgan fingerprint density at radius 3 is 2.10 bits per heavy atom. The van der Waals surface area contributed by atoms with E-state index in [2.05, 4.69) is 4.90 Å². The highest BCUT2D eigenvalue weighted by Gasteiger charge is 2.36. The molecule has 0 spiro atoms. The van der Waals surface area contributed by atoms with Crippen LogP contribution in [0, 0.1) is 0 Å². The Kier molecular flexibility index (Phi) is 6.61. The molecule has 0 saturated carbocycles. The molecule has 0 aliphatic carbocycles. The van der Waals surface area contributed by atoms with Crippen LogP contribution in [0.3, 0.4) is 0 Å². The number of likely N-dealkylation sites (tertiary alicyclic amines) is 1. The van der Waals surface area contributed by atoms with E-state index in [0.29, 0.717) is 28.9 Å². The predicted octanol–water partition coefficient (Wildman–Crippen LogP) is 3.59. The van der Waals surface area contributed by atoms with Crippen molar-refractivity contribution >= 4 is 35.0 Å². The third kappa shape index (κ3) is 4.64. The zero-order valence-corrected chi connectivity index (χ0v) is 18.3. The summed E-state index contributed by atoms with van der Waals surface area (Å²) < 4.78 is 0. The average molecular weight is 446 g/mol. The van der Waals surface area contributed by atoms with E-state index < -0.39 is 0 Å². The van der Waals surface area contributed by atoms with Crippen LogP contribution < -0.4 is 0 Å². The van der Waals surface area contributed by atoms with E-state index >= 15 is 0 Å². The van der Waals surface area contributed by atoms with E-state index in [4.69, 9.17) is 23.2 Å². The lowest BCUT2D eigenvalue weighted by molar-refractivity contribution is -0.139. The number of hydrogen-bond donors (Lipinski definition) is 0. The summed E-state index contributed by atoms with van der Waals surface area (Å²) in [6, 6.07) is 15.2. The van der Waals surface area contributed by atoms with Gasteiger partial charge in [0, 0.05) is 67.3 Å². The Balaban J connectivity index is 1.21. The molecule has 0 aromatic heterocycles.